The summed E-state index contributed by atoms with van der Waals surface area (Å²) >= 11 is 0. The van der Waals surface area contributed by atoms with Crippen LogP contribution in [0.2, 0.25) is 0 Å². The lowest BCUT2D eigenvalue weighted by Gasteiger charge is -2.24. The van der Waals surface area contributed by atoms with Gasteiger partial charge in [0.25, 0.3) is 0 Å². The predicted molar refractivity (Wildman–Crippen MR) is 85.7 cm³/mol. The van der Waals surface area contributed by atoms with Crippen molar-refractivity contribution < 1.29 is 4.21 Å². The largest absolute Gasteiger partial charge is 0.296 e. The van der Waals surface area contributed by atoms with Crippen molar-refractivity contribution in [1.82, 2.24) is 24.9 Å². The van der Waals surface area contributed by atoms with Gasteiger partial charge < -0.3 is 0 Å². The Labute approximate surface area is 133 Å². The van der Waals surface area contributed by atoms with Crippen LogP contribution < -0.4 is 0 Å². The molecule has 0 N–H and O–H groups in total. The summed E-state index contributed by atoms with van der Waals surface area (Å²) in [5, 5.41) is 8.44. The summed E-state index contributed by atoms with van der Waals surface area (Å²) in [6.45, 7) is 3.46. The molecule has 0 atom stereocenters. The summed E-state index contributed by atoms with van der Waals surface area (Å²) in [5.74, 6) is 1.56. The average Bonchev–Trinajstić information content (AvgIpc) is 2.98. The molecule has 0 saturated carbocycles. The molecule has 1 fully saturated rings. The number of hydrogen-bond donors (Lipinski definition) is 0. The molecular formula is C15H21N5OS. The van der Waals surface area contributed by atoms with Crippen molar-refractivity contribution in [1.29, 1.82) is 0 Å². The van der Waals surface area contributed by atoms with Gasteiger partial charge in [-0.2, -0.15) is 0 Å². The zero-order valence-corrected chi connectivity index (χ0v) is 13.4. The molecule has 1 aliphatic heterocycles. The summed E-state index contributed by atoms with van der Waals surface area (Å²) in [6, 6.07) is 4.10. The molecule has 3 rings (SSSR count). The van der Waals surface area contributed by atoms with E-state index in [-0.39, 0.29) is 0 Å². The Balaban J connectivity index is 1.44. The smallest absolute Gasteiger partial charge is 0.0967 e. The van der Waals surface area contributed by atoms with E-state index in [1.807, 2.05) is 35.4 Å². The summed E-state index contributed by atoms with van der Waals surface area (Å²) in [5.41, 5.74) is 2.30. The SMILES string of the molecule is O=S1CCN(Cc2cn(CCCc3ccncc3)nn2)CC1. The quantitative estimate of drug-likeness (QED) is 0.790. The second-order valence-corrected chi connectivity index (χ2v) is 7.25. The van der Waals surface area contributed by atoms with Gasteiger partial charge in [-0.15, -0.1) is 5.10 Å². The van der Waals surface area contributed by atoms with Crippen LogP contribution in [0.25, 0.3) is 0 Å². The highest BCUT2D eigenvalue weighted by molar-refractivity contribution is 7.85. The molecule has 1 saturated heterocycles. The molecule has 0 radical (unpaired) electrons. The zero-order chi connectivity index (χ0) is 15.2. The lowest BCUT2D eigenvalue weighted by atomic mass is 10.1. The molecule has 2 aromatic rings. The molecule has 0 unspecified atom stereocenters. The number of aromatic nitrogens is 4. The average molecular weight is 319 g/mol. The highest BCUT2D eigenvalue weighted by atomic mass is 32.2. The molecule has 22 heavy (non-hydrogen) atoms. The molecule has 0 aromatic carbocycles. The van der Waals surface area contributed by atoms with Crippen molar-refractivity contribution in [2.75, 3.05) is 24.6 Å². The molecule has 0 bridgehead atoms. The van der Waals surface area contributed by atoms with Crippen LogP contribution in [-0.4, -0.2) is 53.7 Å². The summed E-state index contributed by atoms with van der Waals surface area (Å²) in [4.78, 5) is 6.32. The maximum atomic E-state index is 11.3. The van der Waals surface area contributed by atoms with Gasteiger partial charge in [0.15, 0.2) is 0 Å². The fourth-order valence-electron chi connectivity index (χ4n) is 2.58. The van der Waals surface area contributed by atoms with E-state index in [2.05, 4.69) is 20.2 Å². The van der Waals surface area contributed by atoms with Crippen LogP contribution >= 0.6 is 0 Å². The van der Waals surface area contributed by atoms with Gasteiger partial charge in [-0.25, -0.2) is 0 Å². The van der Waals surface area contributed by atoms with Gasteiger partial charge in [-0.05, 0) is 30.5 Å². The Kier molecular flexibility index (Phi) is 5.29. The maximum Gasteiger partial charge on any atom is 0.0967 e. The maximum absolute atomic E-state index is 11.3. The molecule has 1 aliphatic rings. The standard InChI is InChI=1S/C15H21N5OS/c21-22-10-8-19(9-11-22)12-15-13-20(18-17-15)7-1-2-14-3-5-16-6-4-14/h3-6,13H,1-2,7-12H2. The van der Waals surface area contributed by atoms with Gasteiger partial charge in [0.1, 0.15) is 0 Å². The second-order valence-electron chi connectivity index (χ2n) is 5.56. The molecule has 6 nitrogen and oxygen atoms in total. The summed E-state index contributed by atoms with van der Waals surface area (Å²) in [7, 11) is -0.624. The molecule has 7 heteroatoms. The number of hydrogen-bond acceptors (Lipinski definition) is 5. The number of nitrogens with zero attached hydrogens (tertiary/aromatic N) is 5. The number of rotatable bonds is 6. The minimum Gasteiger partial charge on any atom is -0.296 e. The molecule has 0 aliphatic carbocycles. The van der Waals surface area contributed by atoms with Crippen molar-refractivity contribution >= 4 is 10.8 Å². The number of aryl methyl sites for hydroxylation is 2. The highest BCUT2D eigenvalue weighted by Crippen LogP contribution is 2.07. The van der Waals surface area contributed by atoms with E-state index in [4.69, 9.17) is 0 Å². The van der Waals surface area contributed by atoms with E-state index in [1.54, 1.807) is 0 Å². The third kappa shape index (κ3) is 4.45. The van der Waals surface area contributed by atoms with E-state index < -0.39 is 10.8 Å². The second kappa shape index (κ2) is 7.60. The van der Waals surface area contributed by atoms with E-state index in [0.29, 0.717) is 0 Å². The zero-order valence-electron chi connectivity index (χ0n) is 12.6. The monoisotopic (exact) mass is 319 g/mol. The number of pyridine rings is 1. The fraction of sp³-hybridized carbons (Fsp3) is 0.533. The Morgan fingerprint density at radius 3 is 2.73 bits per heavy atom. The minimum atomic E-state index is -0.624. The van der Waals surface area contributed by atoms with Gasteiger partial charge in [-0.1, -0.05) is 5.21 Å². The lowest BCUT2D eigenvalue weighted by molar-refractivity contribution is 0.288. The van der Waals surface area contributed by atoms with E-state index in [0.717, 1.165) is 56.2 Å². The van der Waals surface area contributed by atoms with E-state index >= 15 is 0 Å². The van der Waals surface area contributed by atoms with Crippen LogP contribution in [0.1, 0.15) is 17.7 Å². The van der Waals surface area contributed by atoms with Crippen LogP contribution in [0.15, 0.2) is 30.7 Å². The molecule has 2 aromatic heterocycles. The van der Waals surface area contributed by atoms with Gasteiger partial charge >= 0.3 is 0 Å². The van der Waals surface area contributed by atoms with Crippen molar-refractivity contribution in [2.45, 2.75) is 25.9 Å². The topological polar surface area (TPSA) is 63.9 Å². The lowest BCUT2D eigenvalue weighted by Crippen LogP contribution is -2.37. The summed E-state index contributed by atoms with van der Waals surface area (Å²) in [6.07, 6.45) is 7.74. The molecule has 118 valence electrons. The summed E-state index contributed by atoms with van der Waals surface area (Å²) < 4.78 is 13.3. The van der Waals surface area contributed by atoms with Crippen LogP contribution in [-0.2, 0) is 30.3 Å². The third-order valence-corrected chi connectivity index (χ3v) is 5.12. The predicted octanol–water partition coefficient (Wildman–Crippen LogP) is 0.870. The minimum absolute atomic E-state index is 0.624. The van der Waals surface area contributed by atoms with Crippen LogP contribution in [0, 0.1) is 0 Å². The molecule has 0 amide bonds. The van der Waals surface area contributed by atoms with Gasteiger partial charge in [0, 0.05) is 67.1 Å². The van der Waals surface area contributed by atoms with Crippen LogP contribution in [0.5, 0.6) is 0 Å². The first-order chi connectivity index (χ1) is 10.8. The first kappa shape index (κ1) is 15.3. The van der Waals surface area contributed by atoms with E-state index in [1.165, 1.54) is 5.56 Å². The van der Waals surface area contributed by atoms with E-state index in [9.17, 15) is 4.21 Å². The van der Waals surface area contributed by atoms with Crippen molar-refractivity contribution in [2.24, 2.45) is 0 Å². The third-order valence-electron chi connectivity index (χ3n) is 3.84. The molecule has 3 heterocycles. The fourth-order valence-corrected chi connectivity index (χ4v) is 3.71. The Hall–Kier alpha value is -1.60. The van der Waals surface area contributed by atoms with Gasteiger partial charge in [0.05, 0.1) is 5.69 Å². The molecular weight excluding hydrogens is 298 g/mol. The van der Waals surface area contributed by atoms with Crippen molar-refractivity contribution in [3.63, 3.8) is 0 Å². The Morgan fingerprint density at radius 1 is 1.18 bits per heavy atom. The Bertz CT molecular complexity index is 605. The van der Waals surface area contributed by atoms with Gasteiger partial charge in [0.2, 0.25) is 0 Å². The molecule has 0 spiro atoms. The normalized spacial score (nSPS) is 16.9. The van der Waals surface area contributed by atoms with Crippen LogP contribution in [0.3, 0.4) is 0 Å². The first-order valence-corrected chi connectivity index (χ1v) is 9.13. The first-order valence-electron chi connectivity index (χ1n) is 7.65. The van der Waals surface area contributed by atoms with Crippen molar-refractivity contribution in [3.8, 4) is 0 Å². The Morgan fingerprint density at radius 2 is 1.95 bits per heavy atom. The van der Waals surface area contributed by atoms with Crippen LogP contribution in [0.4, 0.5) is 0 Å². The van der Waals surface area contributed by atoms with Gasteiger partial charge in [-0.3, -0.25) is 18.8 Å². The van der Waals surface area contributed by atoms with Crippen molar-refractivity contribution in [3.05, 3.63) is 42.0 Å². The highest BCUT2D eigenvalue weighted by Gasteiger charge is 2.16.